The molecule has 6 heteroatoms. The number of rotatable bonds is 7. The van der Waals surface area contributed by atoms with Crippen molar-refractivity contribution in [1.29, 1.82) is 0 Å². The molecule has 2 N–H and O–H groups in total. The number of ether oxygens (including phenoxy) is 1. The van der Waals surface area contributed by atoms with Gasteiger partial charge in [-0.3, -0.25) is 0 Å². The van der Waals surface area contributed by atoms with Crippen molar-refractivity contribution in [3.63, 3.8) is 0 Å². The van der Waals surface area contributed by atoms with Gasteiger partial charge in [0.25, 0.3) is 0 Å². The summed E-state index contributed by atoms with van der Waals surface area (Å²) in [6.45, 7) is 5.21. The Balaban J connectivity index is 2.44. The molecule has 2 amide bonds. The van der Waals surface area contributed by atoms with Crippen molar-refractivity contribution in [2.75, 3.05) is 19.9 Å². The first-order chi connectivity index (χ1) is 9.88. The zero-order valence-electron chi connectivity index (χ0n) is 13.0. The average Bonchev–Trinajstić information content (AvgIpc) is 2.46. The summed E-state index contributed by atoms with van der Waals surface area (Å²) < 4.78 is 18.6. The van der Waals surface area contributed by atoms with Gasteiger partial charge in [-0.2, -0.15) is 11.8 Å². The Morgan fingerprint density at radius 1 is 1.38 bits per heavy atom. The maximum Gasteiger partial charge on any atom is 0.315 e. The molecule has 0 aliphatic carbocycles. The summed E-state index contributed by atoms with van der Waals surface area (Å²) in [5.74, 6) is -0.319. The predicted molar refractivity (Wildman–Crippen MR) is 84.9 cm³/mol. The van der Waals surface area contributed by atoms with E-state index in [-0.39, 0.29) is 29.7 Å². The quantitative estimate of drug-likeness (QED) is 0.813. The van der Waals surface area contributed by atoms with Crippen molar-refractivity contribution < 1.29 is 13.9 Å². The second kappa shape index (κ2) is 8.24. The first kappa shape index (κ1) is 17.8. The molecule has 0 aromatic heterocycles. The van der Waals surface area contributed by atoms with Gasteiger partial charge in [-0.1, -0.05) is 12.1 Å². The molecule has 118 valence electrons. The number of urea groups is 1. The largest absolute Gasteiger partial charge is 0.380 e. The van der Waals surface area contributed by atoms with Gasteiger partial charge in [0.15, 0.2) is 0 Å². The standard InChI is InChI=1S/C15H23FN2O2S/c1-15(2,21-4)10-18-14(19)17-8-11-5-6-12(9-20-3)13(16)7-11/h5-7H,8-10H2,1-4H3,(H2,17,18,19). The van der Waals surface area contributed by atoms with Crippen LogP contribution in [-0.2, 0) is 17.9 Å². The fraction of sp³-hybridized carbons (Fsp3) is 0.533. The lowest BCUT2D eigenvalue weighted by Crippen LogP contribution is -2.41. The van der Waals surface area contributed by atoms with Crippen LogP contribution in [0, 0.1) is 5.82 Å². The van der Waals surface area contributed by atoms with Crippen molar-refractivity contribution >= 4 is 17.8 Å². The molecule has 0 heterocycles. The van der Waals surface area contributed by atoms with Crippen molar-refractivity contribution in [2.24, 2.45) is 0 Å². The first-order valence-electron chi connectivity index (χ1n) is 6.71. The minimum absolute atomic E-state index is 0.00868. The smallest absolute Gasteiger partial charge is 0.315 e. The number of amides is 2. The Kier molecular flexibility index (Phi) is 6.98. The van der Waals surface area contributed by atoms with E-state index in [1.807, 2.05) is 6.26 Å². The second-order valence-electron chi connectivity index (χ2n) is 5.36. The molecule has 0 fully saturated rings. The summed E-state index contributed by atoms with van der Waals surface area (Å²) in [6, 6.07) is 4.62. The molecule has 0 bridgehead atoms. The summed E-state index contributed by atoms with van der Waals surface area (Å²) in [5.41, 5.74) is 1.22. The average molecular weight is 314 g/mol. The van der Waals surface area contributed by atoms with Gasteiger partial charge in [-0.15, -0.1) is 0 Å². The lowest BCUT2D eigenvalue weighted by molar-refractivity contribution is 0.181. The lowest BCUT2D eigenvalue weighted by atomic mass is 10.1. The van der Waals surface area contributed by atoms with E-state index >= 15 is 0 Å². The molecule has 0 saturated heterocycles. The van der Waals surface area contributed by atoms with Gasteiger partial charge in [0.1, 0.15) is 5.82 Å². The Bertz CT molecular complexity index is 481. The Morgan fingerprint density at radius 2 is 2.10 bits per heavy atom. The third kappa shape index (κ3) is 6.35. The molecule has 0 saturated carbocycles. The molecular weight excluding hydrogens is 291 g/mol. The van der Waals surface area contributed by atoms with Crippen LogP contribution in [0.15, 0.2) is 18.2 Å². The van der Waals surface area contributed by atoms with E-state index in [0.717, 1.165) is 0 Å². The molecule has 0 unspecified atom stereocenters. The Labute approximate surface area is 129 Å². The Morgan fingerprint density at radius 3 is 2.67 bits per heavy atom. The number of benzene rings is 1. The van der Waals surface area contributed by atoms with Crippen LogP contribution in [0.1, 0.15) is 25.0 Å². The van der Waals surface area contributed by atoms with Gasteiger partial charge in [0, 0.05) is 30.5 Å². The predicted octanol–water partition coefficient (Wildman–Crippen LogP) is 2.91. The number of halogens is 1. The summed E-state index contributed by atoms with van der Waals surface area (Å²) in [5, 5.41) is 5.52. The van der Waals surface area contributed by atoms with E-state index in [0.29, 0.717) is 17.7 Å². The van der Waals surface area contributed by atoms with Gasteiger partial charge in [0.2, 0.25) is 0 Å². The molecule has 0 atom stereocenters. The molecule has 4 nitrogen and oxygen atoms in total. The number of carbonyl (C=O) groups excluding carboxylic acids is 1. The molecule has 21 heavy (non-hydrogen) atoms. The van der Waals surface area contributed by atoms with Crippen LogP contribution in [0.25, 0.3) is 0 Å². The highest BCUT2D eigenvalue weighted by Gasteiger charge is 2.16. The van der Waals surface area contributed by atoms with Gasteiger partial charge < -0.3 is 15.4 Å². The fourth-order valence-electron chi connectivity index (χ4n) is 1.58. The number of nitrogens with one attached hydrogen (secondary N) is 2. The van der Waals surface area contributed by atoms with Gasteiger partial charge in [-0.05, 0) is 31.7 Å². The van der Waals surface area contributed by atoms with Crippen molar-refractivity contribution in [3.05, 3.63) is 35.1 Å². The number of hydrogen-bond acceptors (Lipinski definition) is 3. The first-order valence-corrected chi connectivity index (χ1v) is 7.93. The van der Waals surface area contributed by atoms with Crippen molar-refractivity contribution in [1.82, 2.24) is 10.6 Å². The normalized spacial score (nSPS) is 11.3. The second-order valence-corrected chi connectivity index (χ2v) is 6.87. The van der Waals surface area contributed by atoms with Crippen LogP contribution in [-0.4, -0.2) is 30.7 Å². The van der Waals surface area contributed by atoms with Gasteiger partial charge in [0.05, 0.1) is 6.61 Å². The zero-order chi connectivity index (χ0) is 15.9. The van der Waals surface area contributed by atoms with Crippen LogP contribution >= 0.6 is 11.8 Å². The summed E-state index contributed by atoms with van der Waals surface area (Å²) in [4.78, 5) is 11.7. The van der Waals surface area contributed by atoms with E-state index in [2.05, 4.69) is 24.5 Å². The van der Waals surface area contributed by atoms with Gasteiger partial charge in [-0.25, -0.2) is 9.18 Å². The van der Waals surface area contributed by atoms with Gasteiger partial charge >= 0.3 is 6.03 Å². The van der Waals surface area contributed by atoms with Crippen LogP contribution in [0.3, 0.4) is 0 Å². The number of carbonyl (C=O) groups is 1. The number of thioether (sulfide) groups is 1. The van der Waals surface area contributed by atoms with E-state index in [1.165, 1.54) is 13.2 Å². The fourth-order valence-corrected chi connectivity index (χ4v) is 1.80. The zero-order valence-corrected chi connectivity index (χ0v) is 13.8. The lowest BCUT2D eigenvalue weighted by Gasteiger charge is -2.22. The van der Waals surface area contributed by atoms with Crippen LogP contribution in [0.5, 0.6) is 0 Å². The summed E-state index contributed by atoms with van der Waals surface area (Å²) >= 11 is 1.69. The van der Waals surface area contributed by atoms with Crippen molar-refractivity contribution in [2.45, 2.75) is 31.7 Å². The number of methoxy groups -OCH3 is 1. The highest BCUT2D eigenvalue weighted by atomic mass is 32.2. The van der Waals surface area contributed by atoms with E-state index in [1.54, 1.807) is 23.9 Å². The molecular formula is C15H23FN2O2S. The molecule has 0 spiro atoms. The molecule has 0 aliphatic heterocycles. The summed E-state index contributed by atoms with van der Waals surface area (Å²) in [7, 11) is 1.52. The third-order valence-electron chi connectivity index (χ3n) is 3.10. The minimum Gasteiger partial charge on any atom is -0.380 e. The monoisotopic (exact) mass is 314 g/mol. The molecule has 1 aromatic carbocycles. The molecule has 0 aliphatic rings. The SMILES string of the molecule is COCc1ccc(CNC(=O)NCC(C)(C)SC)cc1F. The van der Waals surface area contributed by atoms with Crippen LogP contribution in [0.4, 0.5) is 9.18 Å². The topological polar surface area (TPSA) is 50.4 Å². The highest BCUT2D eigenvalue weighted by Crippen LogP contribution is 2.19. The maximum atomic E-state index is 13.7. The summed E-state index contributed by atoms with van der Waals surface area (Å²) in [6.07, 6.45) is 2.00. The Hall–Kier alpha value is -1.27. The van der Waals surface area contributed by atoms with Crippen LogP contribution in [0.2, 0.25) is 0 Å². The van der Waals surface area contributed by atoms with E-state index < -0.39 is 0 Å². The third-order valence-corrected chi connectivity index (χ3v) is 4.35. The molecule has 1 rings (SSSR count). The molecule has 1 aromatic rings. The minimum atomic E-state index is -0.319. The van der Waals surface area contributed by atoms with Crippen molar-refractivity contribution in [3.8, 4) is 0 Å². The molecule has 0 radical (unpaired) electrons. The van der Waals surface area contributed by atoms with E-state index in [4.69, 9.17) is 4.74 Å². The van der Waals surface area contributed by atoms with E-state index in [9.17, 15) is 9.18 Å². The highest BCUT2D eigenvalue weighted by molar-refractivity contribution is 7.99. The number of hydrogen-bond donors (Lipinski definition) is 2. The van der Waals surface area contributed by atoms with Crippen LogP contribution < -0.4 is 10.6 Å². The maximum absolute atomic E-state index is 13.7.